The SMILES string of the molecule is N#CC1(NC(=O)COC(=O)CCc2cnn(-c3ccccc3)c2)CCCC1. The molecular weight excluding hydrogens is 344 g/mol. The zero-order valence-corrected chi connectivity index (χ0v) is 15.1. The number of ether oxygens (including phenoxy) is 1. The van der Waals surface area contributed by atoms with Crippen molar-refractivity contribution in [3.63, 3.8) is 0 Å². The average Bonchev–Trinajstić information content (AvgIpc) is 3.35. The van der Waals surface area contributed by atoms with Crippen molar-refractivity contribution in [1.82, 2.24) is 15.1 Å². The molecule has 1 aromatic heterocycles. The van der Waals surface area contributed by atoms with E-state index in [2.05, 4.69) is 16.5 Å². The highest BCUT2D eigenvalue weighted by atomic mass is 16.5. The van der Waals surface area contributed by atoms with Crippen molar-refractivity contribution < 1.29 is 14.3 Å². The van der Waals surface area contributed by atoms with E-state index in [1.165, 1.54) is 0 Å². The quantitative estimate of drug-likeness (QED) is 0.759. The number of nitrogens with zero attached hydrogens (tertiary/aromatic N) is 3. The van der Waals surface area contributed by atoms with Gasteiger partial charge in [0.25, 0.3) is 5.91 Å². The van der Waals surface area contributed by atoms with Crippen LogP contribution in [-0.4, -0.2) is 33.8 Å². The van der Waals surface area contributed by atoms with Gasteiger partial charge in [0, 0.05) is 12.6 Å². The number of para-hydroxylation sites is 1. The van der Waals surface area contributed by atoms with Gasteiger partial charge >= 0.3 is 5.97 Å². The third kappa shape index (κ3) is 4.94. The minimum absolute atomic E-state index is 0.164. The highest BCUT2D eigenvalue weighted by Gasteiger charge is 2.35. The predicted molar refractivity (Wildman–Crippen MR) is 97.8 cm³/mol. The van der Waals surface area contributed by atoms with E-state index in [9.17, 15) is 14.9 Å². The maximum absolute atomic E-state index is 11.9. The molecule has 0 atom stereocenters. The first-order valence-corrected chi connectivity index (χ1v) is 9.07. The van der Waals surface area contributed by atoms with E-state index < -0.39 is 17.4 Å². The molecule has 0 saturated heterocycles. The Labute approximate surface area is 157 Å². The largest absolute Gasteiger partial charge is 0.456 e. The first kappa shape index (κ1) is 18.6. The number of amides is 1. The van der Waals surface area contributed by atoms with Gasteiger partial charge in [-0.15, -0.1) is 0 Å². The molecule has 0 bridgehead atoms. The van der Waals surface area contributed by atoms with Crippen molar-refractivity contribution in [2.45, 2.75) is 44.1 Å². The Bertz CT molecular complexity index is 832. The number of carbonyl (C=O) groups is 2. The van der Waals surface area contributed by atoms with Gasteiger partial charge in [-0.05, 0) is 49.8 Å². The second-order valence-corrected chi connectivity index (χ2v) is 6.74. The Balaban J connectivity index is 1.42. The molecule has 1 saturated carbocycles. The smallest absolute Gasteiger partial charge is 0.306 e. The number of carbonyl (C=O) groups excluding carboxylic acids is 2. The lowest BCUT2D eigenvalue weighted by Gasteiger charge is -2.21. The molecule has 1 amide bonds. The standard InChI is InChI=1S/C20H22N4O3/c21-15-20(10-4-5-11-20)23-18(25)14-27-19(26)9-8-16-12-22-24(13-16)17-6-2-1-3-7-17/h1-3,6-7,12-13H,4-5,8-11,14H2,(H,23,25). The number of esters is 1. The summed E-state index contributed by atoms with van der Waals surface area (Å²) in [6.07, 6.45) is 7.36. The molecule has 1 heterocycles. The third-order valence-electron chi connectivity index (χ3n) is 4.69. The summed E-state index contributed by atoms with van der Waals surface area (Å²) >= 11 is 0. The van der Waals surface area contributed by atoms with E-state index in [1.807, 2.05) is 36.5 Å². The van der Waals surface area contributed by atoms with E-state index >= 15 is 0 Å². The Morgan fingerprint density at radius 3 is 2.70 bits per heavy atom. The van der Waals surface area contributed by atoms with Crippen LogP contribution in [0.25, 0.3) is 5.69 Å². The molecule has 1 N–H and O–H groups in total. The first-order chi connectivity index (χ1) is 13.1. The number of aryl methyl sites for hydroxylation is 1. The van der Waals surface area contributed by atoms with Gasteiger partial charge in [0.2, 0.25) is 0 Å². The number of benzene rings is 1. The molecule has 2 aromatic rings. The minimum atomic E-state index is -0.796. The van der Waals surface area contributed by atoms with Crippen LogP contribution in [-0.2, 0) is 20.7 Å². The molecule has 0 spiro atoms. The molecule has 1 aliphatic carbocycles. The fraction of sp³-hybridized carbons (Fsp3) is 0.400. The summed E-state index contributed by atoms with van der Waals surface area (Å²) in [4.78, 5) is 23.8. The second kappa shape index (κ2) is 8.49. The van der Waals surface area contributed by atoms with Crippen molar-refractivity contribution in [2.75, 3.05) is 6.61 Å². The number of nitriles is 1. The summed E-state index contributed by atoms with van der Waals surface area (Å²) in [6, 6.07) is 11.9. The normalized spacial score (nSPS) is 15.1. The number of nitrogens with one attached hydrogen (secondary N) is 1. The van der Waals surface area contributed by atoms with Gasteiger partial charge in [0.15, 0.2) is 6.61 Å². The topological polar surface area (TPSA) is 97.0 Å². The Hall–Kier alpha value is -3.14. The highest BCUT2D eigenvalue weighted by molar-refractivity contribution is 5.81. The molecule has 0 radical (unpaired) electrons. The van der Waals surface area contributed by atoms with Crippen LogP contribution >= 0.6 is 0 Å². The Morgan fingerprint density at radius 1 is 1.26 bits per heavy atom. The van der Waals surface area contributed by atoms with Gasteiger partial charge < -0.3 is 10.1 Å². The minimum Gasteiger partial charge on any atom is -0.456 e. The summed E-state index contributed by atoms with van der Waals surface area (Å²) in [6.45, 7) is -0.356. The first-order valence-electron chi connectivity index (χ1n) is 9.07. The number of aromatic nitrogens is 2. The van der Waals surface area contributed by atoms with Gasteiger partial charge in [0.05, 0.1) is 18.0 Å². The fourth-order valence-corrected chi connectivity index (χ4v) is 3.22. The fourth-order valence-electron chi connectivity index (χ4n) is 3.22. The molecule has 0 unspecified atom stereocenters. The van der Waals surface area contributed by atoms with Crippen molar-refractivity contribution >= 4 is 11.9 Å². The van der Waals surface area contributed by atoms with Crippen LogP contribution in [0.5, 0.6) is 0 Å². The molecule has 7 heteroatoms. The van der Waals surface area contributed by atoms with Crippen molar-refractivity contribution in [1.29, 1.82) is 5.26 Å². The average molecular weight is 366 g/mol. The van der Waals surface area contributed by atoms with E-state index in [0.717, 1.165) is 24.1 Å². The third-order valence-corrected chi connectivity index (χ3v) is 4.69. The van der Waals surface area contributed by atoms with Gasteiger partial charge in [-0.1, -0.05) is 18.2 Å². The van der Waals surface area contributed by atoms with E-state index in [0.29, 0.717) is 19.3 Å². The predicted octanol–water partition coefficient (Wildman–Crippen LogP) is 2.30. The van der Waals surface area contributed by atoms with Crippen LogP contribution in [0, 0.1) is 11.3 Å². The molecule has 1 fully saturated rings. The van der Waals surface area contributed by atoms with Crippen LogP contribution in [0.3, 0.4) is 0 Å². The van der Waals surface area contributed by atoms with Gasteiger partial charge in [0.1, 0.15) is 5.54 Å². The van der Waals surface area contributed by atoms with Crippen LogP contribution in [0.2, 0.25) is 0 Å². The van der Waals surface area contributed by atoms with Crippen LogP contribution < -0.4 is 5.32 Å². The van der Waals surface area contributed by atoms with Crippen molar-refractivity contribution in [3.05, 3.63) is 48.3 Å². The Morgan fingerprint density at radius 2 is 2.00 bits per heavy atom. The molecular formula is C20H22N4O3. The van der Waals surface area contributed by atoms with Crippen LogP contribution in [0.4, 0.5) is 0 Å². The molecule has 27 heavy (non-hydrogen) atoms. The summed E-state index contributed by atoms with van der Waals surface area (Å²) in [7, 11) is 0. The molecule has 1 aromatic carbocycles. The lowest BCUT2D eigenvalue weighted by molar-refractivity contribution is -0.148. The monoisotopic (exact) mass is 366 g/mol. The molecule has 7 nitrogen and oxygen atoms in total. The van der Waals surface area contributed by atoms with Crippen LogP contribution in [0.15, 0.2) is 42.7 Å². The van der Waals surface area contributed by atoms with Gasteiger partial charge in [-0.25, -0.2) is 4.68 Å². The summed E-state index contributed by atoms with van der Waals surface area (Å²) in [5, 5.41) is 16.2. The van der Waals surface area contributed by atoms with Crippen LogP contribution in [0.1, 0.15) is 37.7 Å². The molecule has 0 aliphatic heterocycles. The second-order valence-electron chi connectivity index (χ2n) is 6.74. The lowest BCUT2D eigenvalue weighted by atomic mass is 10.00. The number of rotatable bonds is 7. The zero-order chi connectivity index (χ0) is 19.1. The highest BCUT2D eigenvalue weighted by Crippen LogP contribution is 2.28. The van der Waals surface area contributed by atoms with Gasteiger partial charge in [-0.3, -0.25) is 9.59 Å². The summed E-state index contributed by atoms with van der Waals surface area (Å²) in [5.41, 5.74) is 1.06. The Kier molecular flexibility index (Phi) is 5.87. The van der Waals surface area contributed by atoms with E-state index in [1.54, 1.807) is 10.9 Å². The summed E-state index contributed by atoms with van der Waals surface area (Å²) in [5.74, 6) is -0.876. The summed E-state index contributed by atoms with van der Waals surface area (Å²) < 4.78 is 6.78. The van der Waals surface area contributed by atoms with E-state index in [4.69, 9.17) is 4.74 Å². The maximum atomic E-state index is 11.9. The van der Waals surface area contributed by atoms with E-state index in [-0.39, 0.29) is 13.0 Å². The molecule has 3 rings (SSSR count). The molecule has 140 valence electrons. The molecule has 1 aliphatic rings. The van der Waals surface area contributed by atoms with Crippen molar-refractivity contribution in [2.24, 2.45) is 0 Å². The maximum Gasteiger partial charge on any atom is 0.306 e. The van der Waals surface area contributed by atoms with Crippen molar-refractivity contribution in [3.8, 4) is 11.8 Å². The number of hydrogen-bond acceptors (Lipinski definition) is 5. The number of hydrogen-bond donors (Lipinski definition) is 1. The zero-order valence-electron chi connectivity index (χ0n) is 15.1. The lowest BCUT2D eigenvalue weighted by Crippen LogP contribution is -2.46. The van der Waals surface area contributed by atoms with Gasteiger partial charge in [-0.2, -0.15) is 10.4 Å².